The Hall–Kier alpha value is -2.93. The molecule has 0 amide bonds. The summed E-state index contributed by atoms with van der Waals surface area (Å²) in [6.07, 6.45) is 24.8. The number of nitrogens with one attached hydrogen (secondary N) is 1. The number of aromatic nitrogens is 2. The molecule has 2 aromatic heterocycles. The zero-order chi connectivity index (χ0) is 28.3. The lowest BCUT2D eigenvalue weighted by atomic mass is 9.55. The van der Waals surface area contributed by atoms with Crippen LogP contribution < -0.4 is 0 Å². The van der Waals surface area contributed by atoms with Crippen LogP contribution in [-0.4, -0.2) is 73.8 Å². The number of H-pyrrole nitrogens is 1. The Kier molecular flexibility index (Phi) is 6.58. The lowest BCUT2D eigenvalue weighted by Crippen LogP contribution is -2.66. The highest BCUT2D eigenvalue weighted by atomic mass is 16.3. The van der Waals surface area contributed by atoms with Crippen molar-refractivity contribution >= 4 is 27.4 Å². The molecule has 1 aromatic carbocycles. The predicted octanol–water partition coefficient (Wildman–Crippen LogP) is 6.56. The van der Waals surface area contributed by atoms with Gasteiger partial charge in [0.1, 0.15) is 11.4 Å². The van der Waals surface area contributed by atoms with Gasteiger partial charge in [-0.2, -0.15) is 0 Å². The molecule has 6 nitrogen and oxygen atoms in total. The maximum Gasteiger partial charge on any atom is 0.139 e. The number of aromatic amines is 1. The van der Waals surface area contributed by atoms with Gasteiger partial charge in [0, 0.05) is 40.5 Å². The van der Waals surface area contributed by atoms with E-state index in [0.717, 1.165) is 91.4 Å². The van der Waals surface area contributed by atoms with Gasteiger partial charge < -0.3 is 20.1 Å². The standard InChI is InChI=1S/C36H44N4O2/c41-30-14-11-13-27-28-15-18-37-33(32(28)38-31(27)30)29-22-25-16-21-39-19-9-5-2-1-4-8-17-36(29,42)34-35(25,24-39)23-26-12-7-3-6-10-20-40(26)34/h1,4,7,11-15,18,22,25-26,34,38,41-42H,2-3,5-6,8-10,16-17,19-21,23-24H2/b4-1-,12-7-/t25-,26+,34-,35?,36+/m1/s1. The van der Waals surface area contributed by atoms with E-state index in [1.807, 2.05) is 18.3 Å². The molecule has 0 saturated carbocycles. The maximum atomic E-state index is 13.5. The van der Waals surface area contributed by atoms with Crippen LogP contribution in [0.1, 0.15) is 69.9 Å². The first-order valence-electron chi connectivity index (χ1n) is 16.4. The third-order valence-corrected chi connectivity index (χ3v) is 11.3. The summed E-state index contributed by atoms with van der Waals surface area (Å²) >= 11 is 0. The van der Waals surface area contributed by atoms with Crippen LogP contribution in [0.3, 0.4) is 0 Å². The number of benzene rings is 1. The number of para-hydroxylation sites is 1. The first-order valence-corrected chi connectivity index (χ1v) is 16.4. The number of fused-ring (bicyclic) bond motifs is 5. The SMILES string of the molecule is Oc1cccc2c1[nH]c1c(C3=C[C@H]4CCN5CCCC/C=C\CC[C@@]3(O)[C@@H]3N6CCCC/C=C\[C@H]6CC34C5)nccc12. The highest BCUT2D eigenvalue weighted by Crippen LogP contribution is 2.61. The molecule has 2 fully saturated rings. The molecule has 6 atom stereocenters. The van der Waals surface area contributed by atoms with Crippen molar-refractivity contribution in [3.05, 3.63) is 66.5 Å². The molecule has 2 saturated heterocycles. The van der Waals surface area contributed by atoms with Gasteiger partial charge in [0.15, 0.2) is 0 Å². The van der Waals surface area contributed by atoms with Crippen molar-refractivity contribution in [3.8, 4) is 5.75 Å². The van der Waals surface area contributed by atoms with E-state index in [-0.39, 0.29) is 17.2 Å². The molecule has 0 radical (unpaired) electrons. The lowest BCUT2D eigenvalue weighted by Gasteiger charge is -2.58. The second-order valence-corrected chi connectivity index (χ2v) is 13.7. The number of rotatable bonds is 1. The Morgan fingerprint density at radius 2 is 1.74 bits per heavy atom. The van der Waals surface area contributed by atoms with Gasteiger partial charge in [0.05, 0.1) is 22.8 Å². The predicted molar refractivity (Wildman–Crippen MR) is 169 cm³/mol. The monoisotopic (exact) mass is 564 g/mol. The summed E-state index contributed by atoms with van der Waals surface area (Å²) < 4.78 is 0. The van der Waals surface area contributed by atoms with E-state index < -0.39 is 5.60 Å². The zero-order valence-electron chi connectivity index (χ0n) is 24.6. The number of piperidine rings is 1. The molecule has 220 valence electrons. The van der Waals surface area contributed by atoms with E-state index in [9.17, 15) is 10.2 Å². The molecule has 3 bridgehead atoms. The number of phenols is 1. The highest BCUT2D eigenvalue weighted by Gasteiger charge is 2.66. The molecule has 42 heavy (non-hydrogen) atoms. The Bertz CT molecular complexity index is 1590. The quantitative estimate of drug-likeness (QED) is 0.292. The molecular formula is C36H44N4O2. The summed E-state index contributed by atoms with van der Waals surface area (Å²) in [7, 11) is 0. The van der Waals surface area contributed by atoms with Crippen LogP contribution in [0.5, 0.6) is 5.75 Å². The summed E-state index contributed by atoms with van der Waals surface area (Å²) in [5.41, 5.74) is 2.47. The molecule has 1 aliphatic carbocycles. The van der Waals surface area contributed by atoms with Crippen LogP contribution in [0.25, 0.3) is 27.4 Å². The number of pyridine rings is 1. The fraction of sp³-hybridized carbons (Fsp3) is 0.528. The topological polar surface area (TPSA) is 75.6 Å². The number of phenolic OH excluding ortho intramolecular Hbond substituents is 1. The fourth-order valence-corrected chi connectivity index (χ4v) is 9.56. The Balaban J connectivity index is 1.36. The van der Waals surface area contributed by atoms with E-state index in [2.05, 4.69) is 51.2 Å². The molecule has 2 unspecified atom stereocenters. The van der Waals surface area contributed by atoms with Crippen LogP contribution >= 0.6 is 0 Å². The van der Waals surface area contributed by atoms with Crippen LogP contribution in [0.4, 0.5) is 0 Å². The molecule has 6 heteroatoms. The molecule has 3 aromatic rings. The summed E-state index contributed by atoms with van der Waals surface area (Å²) in [5, 5.41) is 26.2. The van der Waals surface area contributed by atoms with E-state index >= 15 is 0 Å². The second kappa shape index (κ2) is 10.4. The van der Waals surface area contributed by atoms with Crippen LogP contribution in [0, 0.1) is 11.3 Å². The first kappa shape index (κ1) is 26.7. The van der Waals surface area contributed by atoms with Crippen molar-refractivity contribution in [2.24, 2.45) is 11.3 Å². The second-order valence-electron chi connectivity index (χ2n) is 13.7. The Morgan fingerprint density at radius 3 is 2.67 bits per heavy atom. The number of nitrogens with zero attached hydrogens (tertiary/aromatic N) is 3. The largest absolute Gasteiger partial charge is 0.506 e. The minimum Gasteiger partial charge on any atom is -0.506 e. The number of aromatic hydroxyl groups is 1. The van der Waals surface area contributed by atoms with Gasteiger partial charge in [-0.1, -0.05) is 42.5 Å². The summed E-state index contributed by atoms with van der Waals surface area (Å²) in [6, 6.07) is 8.13. The minimum absolute atomic E-state index is 0.0141. The third kappa shape index (κ3) is 4.05. The van der Waals surface area contributed by atoms with Crippen molar-refractivity contribution in [3.63, 3.8) is 0 Å². The molecule has 5 aliphatic rings. The molecular weight excluding hydrogens is 520 g/mol. The molecule has 6 heterocycles. The summed E-state index contributed by atoms with van der Waals surface area (Å²) in [6.45, 7) is 4.39. The van der Waals surface area contributed by atoms with Crippen LogP contribution in [0.15, 0.2) is 60.8 Å². The van der Waals surface area contributed by atoms with Crippen LogP contribution in [-0.2, 0) is 0 Å². The summed E-state index contributed by atoms with van der Waals surface area (Å²) in [5.74, 6) is 0.641. The zero-order valence-corrected chi connectivity index (χ0v) is 24.6. The molecule has 8 rings (SSSR count). The van der Waals surface area contributed by atoms with Crippen molar-refractivity contribution in [1.82, 2.24) is 19.8 Å². The number of allylic oxidation sites excluding steroid dienone is 4. The van der Waals surface area contributed by atoms with Gasteiger partial charge in [-0.3, -0.25) is 9.88 Å². The number of hydrogen-bond acceptors (Lipinski definition) is 5. The van der Waals surface area contributed by atoms with Gasteiger partial charge in [0.25, 0.3) is 0 Å². The van der Waals surface area contributed by atoms with E-state index in [4.69, 9.17) is 4.98 Å². The van der Waals surface area contributed by atoms with Gasteiger partial charge in [0.2, 0.25) is 0 Å². The number of aliphatic hydroxyl groups is 1. The third-order valence-electron chi connectivity index (χ3n) is 11.3. The van der Waals surface area contributed by atoms with Crippen LogP contribution in [0.2, 0.25) is 0 Å². The van der Waals surface area contributed by atoms with Crippen molar-refractivity contribution < 1.29 is 10.2 Å². The average molecular weight is 565 g/mol. The smallest absolute Gasteiger partial charge is 0.139 e. The molecule has 4 aliphatic heterocycles. The average Bonchev–Trinajstić information content (AvgIpc) is 3.51. The van der Waals surface area contributed by atoms with Gasteiger partial charge >= 0.3 is 0 Å². The maximum absolute atomic E-state index is 13.5. The first-order chi connectivity index (χ1) is 20.6. The Morgan fingerprint density at radius 1 is 0.905 bits per heavy atom. The van der Waals surface area contributed by atoms with Crippen molar-refractivity contribution in [1.29, 1.82) is 0 Å². The number of hydrogen-bond donors (Lipinski definition) is 3. The molecule has 3 N–H and O–H groups in total. The summed E-state index contributed by atoms with van der Waals surface area (Å²) in [4.78, 5) is 14.0. The minimum atomic E-state index is -1.04. The highest BCUT2D eigenvalue weighted by molar-refractivity contribution is 6.11. The molecule has 1 spiro atoms. The lowest BCUT2D eigenvalue weighted by molar-refractivity contribution is -0.0863. The van der Waals surface area contributed by atoms with Crippen molar-refractivity contribution in [2.45, 2.75) is 81.9 Å². The van der Waals surface area contributed by atoms with E-state index in [0.29, 0.717) is 18.4 Å². The van der Waals surface area contributed by atoms with E-state index in [1.165, 1.54) is 25.7 Å². The van der Waals surface area contributed by atoms with E-state index in [1.54, 1.807) is 6.07 Å². The Labute approximate surface area is 248 Å². The van der Waals surface area contributed by atoms with Gasteiger partial charge in [-0.05, 0) is 102 Å². The van der Waals surface area contributed by atoms with Gasteiger partial charge in [-0.15, -0.1) is 0 Å². The normalized spacial score (nSPS) is 37.0. The fourth-order valence-electron chi connectivity index (χ4n) is 9.56. The van der Waals surface area contributed by atoms with Crippen molar-refractivity contribution in [2.75, 3.05) is 26.2 Å². The van der Waals surface area contributed by atoms with Gasteiger partial charge in [-0.25, -0.2) is 0 Å².